The number of hydrogen-bond acceptors (Lipinski definition) is 5. The summed E-state index contributed by atoms with van der Waals surface area (Å²) in [5, 5.41) is 8.66. The maximum Gasteiger partial charge on any atom is 0.235 e. The molecule has 0 aromatic carbocycles. The van der Waals surface area contributed by atoms with E-state index in [1.165, 1.54) is 6.42 Å². The zero-order chi connectivity index (χ0) is 18.0. The minimum Gasteiger partial charge on any atom is -0.356 e. The van der Waals surface area contributed by atoms with E-state index in [1.807, 2.05) is 0 Å². The predicted molar refractivity (Wildman–Crippen MR) is 100 cm³/mol. The van der Waals surface area contributed by atoms with Crippen LogP contribution >= 0.6 is 12.4 Å². The highest BCUT2D eigenvalue weighted by Gasteiger charge is 2.16. The molecule has 10 heteroatoms. The fourth-order valence-corrected chi connectivity index (χ4v) is 3.47. The van der Waals surface area contributed by atoms with Gasteiger partial charge in [0.25, 0.3) is 0 Å². The molecule has 0 spiro atoms. The van der Waals surface area contributed by atoms with Gasteiger partial charge in [-0.05, 0) is 52.1 Å². The fourth-order valence-electron chi connectivity index (χ4n) is 2.52. The molecule has 1 aliphatic heterocycles. The number of halogens is 1. The first-order valence-corrected chi connectivity index (χ1v) is 10.2. The van der Waals surface area contributed by atoms with Crippen LogP contribution in [0.2, 0.25) is 0 Å². The van der Waals surface area contributed by atoms with Gasteiger partial charge < -0.3 is 16.0 Å². The number of rotatable bonds is 10. The second kappa shape index (κ2) is 12.5. The lowest BCUT2D eigenvalue weighted by Crippen LogP contribution is -2.41. The van der Waals surface area contributed by atoms with Gasteiger partial charge in [0.2, 0.25) is 21.8 Å². The van der Waals surface area contributed by atoms with Crippen molar-refractivity contribution < 1.29 is 18.0 Å². The van der Waals surface area contributed by atoms with Gasteiger partial charge in [0.05, 0.1) is 12.3 Å². The van der Waals surface area contributed by atoms with Crippen molar-refractivity contribution in [1.29, 1.82) is 0 Å². The highest BCUT2D eigenvalue weighted by atomic mass is 35.5. The molecule has 4 N–H and O–H groups in total. The Kier molecular flexibility index (Phi) is 12.0. The molecule has 148 valence electrons. The van der Waals surface area contributed by atoms with Crippen LogP contribution in [0.15, 0.2) is 0 Å². The normalized spacial score (nSPS) is 17.6. The lowest BCUT2D eigenvalue weighted by molar-refractivity contribution is -0.121. The number of carbonyl (C=O) groups excluding carboxylic acids is 2. The summed E-state index contributed by atoms with van der Waals surface area (Å²) in [5.41, 5.74) is 0. The van der Waals surface area contributed by atoms with Crippen molar-refractivity contribution in [2.75, 3.05) is 31.9 Å². The first-order chi connectivity index (χ1) is 11.3. The Labute approximate surface area is 156 Å². The standard InChI is InChI=1S/C15H30N4O4S.ClH/c1-12(2)19-15(21)11-18-24(22,23)9-6-14(20)17-8-5-13-4-3-7-16-10-13;/h12-13,16,18H,3-11H2,1-2H3,(H,17,20)(H,19,21);1H. The second-order valence-electron chi connectivity index (χ2n) is 6.46. The molecule has 2 amide bonds. The Morgan fingerprint density at radius 3 is 2.56 bits per heavy atom. The second-order valence-corrected chi connectivity index (χ2v) is 8.39. The molecule has 1 aliphatic rings. The molecule has 1 fully saturated rings. The van der Waals surface area contributed by atoms with Crippen LogP contribution in [-0.4, -0.2) is 58.2 Å². The topological polar surface area (TPSA) is 116 Å². The average Bonchev–Trinajstić information content (AvgIpc) is 2.52. The number of nitrogens with one attached hydrogen (secondary N) is 4. The van der Waals surface area contributed by atoms with Gasteiger partial charge in [-0.3, -0.25) is 9.59 Å². The third-order valence-electron chi connectivity index (χ3n) is 3.77. The number of sulfonamides is 1. The molecule has 0 bridgehead atoms. The highest BCUT2D eigenvalue weighted by Crippen LogP contribution is 2.12. The molecule has 1 atom stereocenters. The van der Waals surface area contributed by atoms with Crippen LogP contribution in [0.3, 0.4) is 0 Å². The van der Waals surface area contributed by atoms with Crippen molar-refractivity contribution in [3.05, 3.63) is 0 Å². The van der Waals surface area contributed by atoms with Gasteiger partial charge in [-0.25, -0.2) is 13.1 Å². The molecule has 1 unspecified atom stereocenters. The molecule has 0 saturated carbocycles. The smallest absolute Gasteiger partial charge is 0.235 e. The SMILES string of the molecule is CC(C)NC(=O)CNS(=O)(=O)CCC(=O)NCCC1CCCNC1.Cl. The highest BCUT2D eigenvalue weighted by molar-refractivity contribution is 7.89. The quantitative estimate of drug-likeness (QED) is 0.405. The van der Waals surface area contributed by atoms with Crippen LogP contribution in [0.5, 0.6) is 0 Å². The van der Waals surface area contributed by atoms with E-state index in [4.69, 9.17) is 0 Å². The summed E-state index contributed by atoms with van der Waals surface area (Å²) in [4.78, 5) is 23.1. The van der Waals surface area contributed by atoms with Gasteiger partial charge >= 0.3 is 0 Å². The minimum absolute atomic E-state index is 0. The number of piperidine rings is 1. The summed E-state index contributed by atoms with van der Waals surface area (Å²) in [5.74, 6) is -0.419. The largest absolute Gasteiger partial charge is 0.356 e. The number of amides is 2. The van der Waals surface area contributed by atoms with Crippen LogP contribution in [-0.2, 0) is 19.6 Å². The minimum atomic E-state index is -3.63. The average molecular weight is 399 g/mol. The molecule has 8 nitrogen and oxygen atoms in total. The van der Waals surface area contributed by atoms with Gasteiger partial charge in [-0.2, -0.15) is 0 Å². The summed E-state index contributed by atoms with van der Waals surface area (Å²) in [7, 11) is -3.63. The zero-order valence-electron chi connectivity index (χ0n) is 15.0. The maximum absolute atomic E-state index is 11.8. The first-order valence-electron chi connectivity index (χ1n) is 8.52. The van der Waals surface area contributed by atoms with Crippen molar-refractivity contribution in [2.24, 2.45) is 5.92 Å². The third kappa shape index (κ3) is 12.1. The van der Waals surface area contributed by atoms with Gasteiger partial charge in [0.15, 0.2) is 0 Å². The van der Waals surface area contributed by atoms with Crippen molar-refractivity contribution >= 4 is 34.2 Å². The van der Waals surface area contributed by atoms with E-state index in [0.29, 0.717) is 12.5 Å². The van der Waals surface area contributed by atoms with E-state index in [1.54, 1.807) is 13.8 Å². The van der Waals surface area contributed by atoms with Gasteiger partial charge in [-0.15, -0.1) is 12.4 Å². The molecule has 0 aliphatic carbocycles. The van der Waals surface area contributed by atoms with E-state index >= 15 is 0 Å². The van der Waals surface area contributed by atoms with Crippen molar-refractivity contribution in [3.63, 3.8) is 0 Å². The third-order valence-corrected chi connectivity index (χ3v) is 5.10. The molecule has 1 heterocycles. The van der Waals surface area contributed by atoms with Crippen LogP contribution < -0.4 is 20.7 Å². The lowest BCUT2D eigenvalue weighted by atomic mass is 9.96. The summed E-state index contributed by atoms with van der Waals surface area (Å²) in [6, 6.07) is -0.0489. The molecule has 1 rings (SSSR count). The predicted octanol–water partition coefficient (Wildman–Crippen LogP) is -0.252. The zero-order valence-corrected chi connectivity index (χ0v) is 16.6. The Morgan fingerprint density at radius 2 is 1.96 bits per heavy atom. The van der Waals surface area contributed by atoms with Gasteiger partial charge in [0.1, 0.15) is 0 Å². The van der Waals surface area contributed by atoms with E-state index in [-0.39, 0.29) is 49.0 Å². The summed E-state index contributed by atoms with van der Waals surface area (Å²) < 4.78 is 25.7. The molecule has 0 aromatic rings. The molecular weight excluding hydrogens is 368 g/mol. The van der Waals surface area contributed by atoms with Crippen LogP contribution in [0.4, 0.5) is 0 Å². The van der Waals surface area contributed by atoms with Gasteiger partial charge in [0, 0.05) is 19.0 Å². The van der Waals surface area contributed by atoms with E-state index < -0.39 is 10.0 Å². The Bertz CT molecular complexity index is 508. The number of carbonyl (C=O) groups is 2. The summed E-state index contributed by atoms with van der Waals surface area (Å²) in [6.45, 7) is 5.88. The Balaban J connectivity index is 0.00000576. The monoisotopic (exact) mass is 398 g/mol. The van der Waals surface area contributed by atoms with E-state index in [0.717, 1.165) is 25.9 Å². The van der Waals surface area contributed by atoms with Crippen LogP contribution in [0, 0.1) is 5.92 Å². The van der Waals surface area contributed by atoms with Gasteiger partial charge in [-0.1, -0.05) is 0 Å². The van der Waals surface area contributed by atoms with E-state index in [9.17, 15) is 18.0 Å². The first kappa shape index (κ1) is 24.1. The molecule has 1 saturated heterocycles. The molecule has 25 heavy (non-hydrogen) atoms. The molecule has 0 aromatic heterocycles. The summed E-state index contributed by atoms with van der Waals surface area (Å²) >= 11 is 0. The molecular formula is C15H31ClN4O4S. The van der Waals surface area contributed by atoms with E-state index in [2.05, 4.69) is 20.7 Å². The van der Waals surface area contributed by atoms with Crippen LogP contribution in [0.1, 0.15) is 39.5 Å². The lowest BCUT2D eigenvalue weighted by Gasteiger charge is -2.22. The van der Waals surface area contributed by atoms with Crippen molar-refractivity contribution in [1.82, 2.24) is 20.7 Å². The van der Waals surface area contributed by atoms with Crippen LogP contribution in [0.25, 0.3) is 0 Å². The Morgan fingerprint density at radius 1 is 1.24 bits per heavy atom. The Hall–Kier alpha value is -0.900. The van der Waals surface area contributed by atoms with Crippen molar-refractivity contribution in [2.45, 2.75) is 45.6 Å². The van der Waals surface area contributed by atoms with Crippen molar-refractivity contribution in [3.8, 4) is 0 Å². The summed E-state index contributed by atoms with van der Waals surface area (Å²) in [6.07, 6.45) is 3.12. The maximum atomic E-state index is 11.8. The number of hydrogen-bond donors (Lipinski definition) is 4. The fraction of sp³-hybridized carbons (Fsp3) is 0.867. The molecule has 0 radical (unpaired) electrons.